The molecule has 0 radical (unpaired) electrons. The van der Waals surface area contributed by atoms with Crippen LogP contribution in [-0.2, 0) is 11.3 Å². The van der Waals surface area contributed by atoms with Crippen molar-refractivity contribution in [1.29, 1.82) is 0 Å². The fourth-order valence-electron chi connectivity index (χ4n) is 5.67. The summed E-state index contributed by atoms with van der Waals surface area (Å²) in [4.78, 5) is 29.4. The van der Waals surface area contributed by atoms with Crippen LogP contribution in [0.25, 0.3) is 10.9 Å². The smallest absolute Gasteiger partial charge is 0.238 e. The normalized spacial score (nSPS) is 16.5. The first-order valence-corrected chi connectivity index (χ1v) is 14.1. The van der Waals surface area contributed by atoms with Crippen LogP contribution in [0.3, 0.4) is 0 Å². The van der Waals surface area contributed by atoms with Gasteiger partial charge in [-0.1, -0.05) is 30.3 Å². The summed E-state index contributed by atoms with van der Waals surface area (Å²) in [7, 11) is 0. The van der Waals surface area contributed by atoms with Gasteiger partial charge in [0.1, 0.15) is 5.82 Å². The number of aryl methyl sites for hydroxylation is 1. The average Bonchev–Trinajstić information content (AvgIpc) is 3.35. The number of hydrogen-bond acceptors (Lipinski definition) is 6. The van der Waals surface area contributed by atoms with Gasteiger partial charge in [0.2, 0.25) is 11.9 Å². The van der Waals surface area contributed by atoms with E-state index >= 15 is 0 Å². The van der Waals surface area contributed by atoms with Crippen molar-refractivity contribution in [1.82, 2.24) is 19.4 Å². The monoisotopic (exact) mass is 523 g/mol. The highest BCUT2D eigenvalue weighted by molar-refractivity contribution is 5.95. The van der Waals surface area contributed by atoms with E-state index in [1.165, 1.54) is 24.8 Å². The minimum Gasteiger partial charge on any atom is -0.354 e. The standard InChI is InChI=1S/C31H37N7O/c1-24-20-29(34-31(32-24)37-13-6-3-7-14-37)36-18-16-35(17-19-36)23-30(39)33-27-10-11-28-26(21-27)12-15-38(28)22-25-8-4-2-5-9-25/h2,4-5,8-12,15,20-21H,3,6-7,13-14,16-19,22-23H2,1H3,(H,33,39). The molecule has 1 N–H and O–H groups in total. The van der Waals surface area contributed by atoms with Gasteiger partial charge in [-0.25, -0.2) is 4.98 Å². The SMILES string of the molecule is Cc1cc(N2CCN(CC(=O)Nc3ccc4c(ccn4Cc4ccccc4)c3)CC2)nc(N2CCCCC2)n1. The maximum absolute atomic E-state index is 12.9. The van der Waals surface area contributed by atoms with Gasteiger partial charge in [-0.2, -0.15) is 4.98 Å². The van der Waals surface area contributed by atoms with Crippen molar-refractivity contribution < 1.29 is 4.79 Å². The van der Waals surface area contributed by atoms with Crippen LogP contribution in [-0.4, -0.2) is 71.2 Å². The number of nitrogens with zero attached hydrogens (tertiary/aromatic N) is 6. The predicted molar refractivity (Wildman–Crippen MR) is 158 cm³/mol. The molecular formula is C31H37N7O. The first-order chi connectivity index (χ1) is 19.1. The van der Waals surface area contributed by atoms with E-state index in [1.807, 2.05) is 12.1 Å². The molecule has 39 heavy (non-hydrogen) atoms. The number of amides is 1. The summed E-state index contributed by atoms with van der Waals surface area (Å²) >= 11 is 0. The number of fused-ring (bicyclic) bond motifs is 1. The number of piperazine rings is 1. The zero-order valence-electron chi connectivity index (χ0n) is 22.7. The van der Waals surface area contributed by atoms with Crippen LogP contribution in [0.1, 0.15) is 30.5 Å². The summed E-state index contributed by atoms with van der Waals surface area (Å²) in [5.41, 5.74) is 4.28. The van der Waals surface area contributed by atoms with E-state index in [0.717, 1.165) is 79.9 Å². The van der Waals surface area contributed by atoms with E-state index in [0.29, 0.717) is 6.54 Å². The number of aromatic nitrogens is 3. The minimum absolute atomic E-state index is 0.0248. The summed E-state index contributed by atoms with van der Waals surface area (Å²) in [6.45, 7) is 8.71. The van der Waals surface area contributed by atoms with E-state index in [9.17, 15) is 4.79 Å². The quantitative estimate of drug-likeness (QED) is 0.384. The van der Waals surface area contributed by atoms with E-state index < -0.39 is 0 Å². The van der Waals surface area contributed by atoms with Gasteiger partial charge in [0.05, 0.1) is 6.54 Å². The van der Waals surface area contributed by atoms with E-state index in [2.05, 4.69) is 86.2 Å². The Bertz CT molecular complexity index is 1420. The Balaban J connectivity index is 1.03. The van der Waals surface area contributed by atoms with Crippen LogP contribution >= 0.6 is 0 Å². The molecule has 2 aliphatic heterocycles. The first-order valence-electron chi connectivity index (χ1n) is 14.1. The van der Waals surface area contributed by atoms with Gasteiger partial charge in [0.25, 0.3) is 0 Å². The van der Waals surface area contributed by atoms with Crippen LogP contribution in [0, 0.1) is 6.92 Å². The van der Waals surface area contributed by atoms with Crippen molar-refractivity contribution in [3.05, 3.63) is 78.1 Å². The summed E-state index contributed by atoms with van der Waals surface area (Å²) in [6, 6.07) is 20.8. The second-order valence-corrected chi connectivity index (χ2v) is 10.7. The third-order valence-electron chi connectivity index (χ3n) is 7.78. The Morgan fingerprint density at radius 2 is 1.64 bits per heavy atom. The maximum atomic E-state index is 12.9. The van der Waals surface area contributed by atoms with E-state index in [-0.39, 0.29) is 5.91 Å². The van der Waals surface area contributed by atoms with Crippen LogP contribution in [0.2, 0.25) is 0 Å². The predicted octanol–water partition coefficient (Wildman–Crippen LogP) is 4.54. The topological polar surface area (TPSA) is 69.5 Å². The number of hydrogen-bond donors (Lipinski definition) is 1. The van der Waals surface area contributed by atoms with Crippen molar-refractivity contribution in [3.63, 3.8) is 0 Å². The molecule has 2 aromatic carbocycles. The largest absolute Gasteiger partial charge is 0.354 e. The van der Waals surface area contributed by atoms with Gasteiger partial charge >= 0.3 is 0 Å². The molecule has 2 aromatic heterocycles. The van der Waals surface area contributed by atoms with Crippen molar-refractivity contribution in [2.24, 2.45) is 0 Å². The van der Waals surface area contributed by atoms with Gasteiger partial charge in [-0.05, 0) is 56.0 Å². The third kappa shape index (κ3) is 6.06. The third-order valence-corrected chi connectivity index (χ3v) is 7.78. The second kappa shape index (κ2) is 11.5. The number of nitrogens with one attached hydrogen (secondary N) is 1. The zero-order chi connectivity index (χ0) is 26.6. The lowest BCUT2D eigenvalue weighted by atomic mass is 10.1. The summed E-state index contributed by atoms with van der Waals surface area (Å²) in [5.74, 6) is 1.88. The highest BCUT2D eigenvalue weighted by Gasteiger charge is 2.22. The average molecular weight is 524 g/mol. The van der Waals surface area contributed by atoms with Crippen LogP contribution in [0.5, 0.6) is 0 Å². The molecule has 0 spiro atoms. The fourth-order valence-corrected chi connectivity index (χ4v) is 5.67. The molecule has 202 valence electrons. The number of carbonyl (C=O) groups excluding carboxylic acids is 1. The number of piperidine rings is 1. The van der Waals surface area contributed by atoms with Gasteiger partial charge in [-0.3, -0.25) is 9.69 Å². The van der Waals surface area contributed by atoms with Crippen LogP contribution < -0.4 is 15.1 Å². The van der Waals surface area contributed by atoms with E-state index in [1.54, 1.807) is 0 Å². The first kappa shape index (κ1) is 25.4. The van der Waals surface area contributed by atoms with Gasteiger partial charge in [0.15, 0.2) is 0 Å². The molecule has 2 saturated heterocycles. The van der Waals surface area contributed by atoms with Crippen LogP contribution in [0.15, 0.2) is 66.9 Å². The molecule has 0 saturated carbocycles. The summed E-state index contributed by atoms with van der Waals surface area (Å²) in [5, 5.41) is 4.23. The molecule has 1 amide bonds. The molecule has 0 atom stereocenters. The Labute approximate surface area is 230 Å². The van der Waals surface area contributed by atoms with Crippen molar-refractivity contribution in [3.8, 4) is 0 Å². The summed E-state index contributed by atoms with van der Waals surface area (Å²) in [6.07, 6.45) is 5.82. The molecule has 0 unspecified atom stereocenters. The molecule has 8 heteroatoms. The van der Waals surface area contributed by atoms with Gasteiger partial charge < -0.3 is 19.7 Å². The van der Waals surface area contributed by atoms with Crippen molar-refractivity contribution in [2.45, 2.75) is 32.7 Å². The number of rotatable bonds is 7. The lowest BCUT2D eigenvalue weighted by Gasteiger charge is -2.35. The Morgan fingerprint density at radius 3 is 2.44 bits per heavy atom. The molecule has 0 bridgehead atoms. The summed E-state index contributed by atoms with van der Waals surface area (Å²) < 4.78 is 2.24. The molecule has 2 fully saturated rings. The highest BCUT2D eigenvalue weighted by Crippen LogP contribution is 2.23. The maximum Gasteiger partial charge on any atom is 0.238 e. The number of carbonyl (C=O) groups is 1. The number of benzene rings is 2. The van der Waals surface area contributed by atoms with Gasteiger partial charge in [0, 0.05) is 80.4 Å². The fraction of sp³-hybridized carbons (Fsp3) is 0.387. The van der Waals surface area contributed by atoms with Crippen molar-refractivity contribution >= 4 is 34.3 Å². The molecule has 4 aromatic rings. The second-order valence-electron chi connectivity index (χ2n) is 10.7. The van der Waals surface area contributed by atoms with Gasteiger partial charge in [-0.15, -0.1) is 0 Å². The van der Waals surface area contributed by atoms with E-state index in [4.69, 9.17) is 9.97 Å². The van der Waals surface area contributed by atoms with Crippen LogP contribution in [0.4, 0.5) is 17.5 Å². The lowest BCUT2D eigenvalue weighted by Crippen LogP contribution is -2.49. The lowest BCUT2D eigenvalue weighted by molar-refractivity contribution is -0.117. The molecule has 2 aliphatic rings. The highest BCUT2D eigenvalue weighted by atomic mass is 16.2. The number of anilines is 3. The minimum atomic E-state index is 0.0248. The zero-order valence-corrected chi connectivity index (χ0v) is 22.7. The molecule has 4 heterocycles. The molecule has 6 rings (SSSR count). The molecule has 8 nitrogen and oxygen atoms in total. The molecular weight excluding hydrogens is 486 g/mol. The Kier molecular flexibility index (Phi) is 7.45. The molecule has 0 aliphatic carbocycles. The Morgan fingerprint density at radius 1 is 0.846 bits per heavy atom. The Hall–Kier alpha value is -3.91. The van der Waals surface area contributed by atoms with Crippen molar-refractivity contribution in [2.75, 3.05) is 60.9 Å².